The monoisotopic (exact) mass is 389 g/mol. The van der Waals surface area contributed by atoms with Gasteiger partial charge >= 0.3 is 6.03 Å². The van der Waals surface area contributed by atoms with Crippen molar-refractivity contribution in [1.29, 1.82) is 0 Å². The number of aliphatic hydroxyl groups excluding tert-OH is 1. The van der Waals surface area contributed by atoms with Gasteiger partial charge in [-0.15, -0.1) is 0 Å². The Balaban J connectivity index is 2.84. The first kappa shape index (κ1) is 23.0. The molecule has 2 atom stereocenters. The Kier molecular flexibility index (Phi) is 9.50. The van der Waals surface area contributed by atoms with Crippen LogP contribution in [0.25, 0.3) is 0 Å². The third-order valence-corrected chi connectivity index (χ3v) is 3.77. The van der Waals surface area contributed by atoms with Crippen LogP contribution in [0.2, 0.25) is 0 Å². The number of rotatable bonds is 8. The van der Waals surface area contributed by atoms with Gasteiger partial charge in [0.25, 0.3) is 5.91 Å². The summed E-state index contributed by atoms with van der Waals surface area (Å²) in [5.74, 6) is 4.28. The second-order valence-corrected chi connectivity index (χ2v) is 6.42. The van der Waals surface area contributed by atoms with Crippen molar-refractivity contribution in [1.82, 2.24) is 10.6 Å². The quantitative estimate of drug-likeness (QED) is 0.264. The summed E-state index contributed by atoms with van der Waals surface area (Å²) in [5.41, 5.74) is 12.0. The molecular formula is C19H27N5O4. The predicted molar refractivity (Wildman–Crippen MR) is 106 cm³/mol. The second-order valence-electron chi connectivity index (χ2n) is 6.42. The summed E-state index contributed by atoms with van der Waals surface area (Å²) >= 11 is 0. The van der Waals surface area contributed by atoms with Crippen LogP contribution in [-0.4, -0.2) is 41.6 Å². The van der Waals surface area contributed by atoms with E-state index < -0.39 is 29.9 Å². The number of anilines is 1. The first-order valence-corrected chi connectivity index (χ1v) is 8.83. The van der Waals surface area contributed by atoms with Crippen LogP contribution in [0.3, 0.4) is 0 Å². The minimum absolute atomic E-state index is 0.106. The third-order valence-electron chi connectivity index (χ3n) is 3.77. The Labute approximate surface area is 164 Å². The molecule has 0 aromatic heterocycles. The number of aliphatic hydroxyl groups is 1. The molecule has 1 rings (SSSR count). The van der Waals surface area contributed by atoms with Gasteiger partial charge in [-0.3, -0.25) is 9.59 Å². The molecule has 1 aromatic rings. The van der Waals surface area contributed by atoms with Gasteiger partial charge in [0.1, 0.15) is 0 Å². The van der Waals surface area contributed by atoms with Gasteiger partial charge in [-0.05, 0) is 23.6 Å². The molecule has 0 aliphatic rings. The van der Waals surface area contributed by atoms with Gasteiger partial charge in [0, 0.05) is 18.7 Å². The largest absolute Gasteiger partial charge is 0.392 e. The van der Waals surface area contributed by atoms with Crippen LogP contribution >= 0.6 is 0 Å². The average molecular weight is 389 g/mol. The van der Waals surface area contributed by atoms with Crippen LogP contribution in [0.1, 0.15) is 25.8 Å². The molecule has 0 heterocycles. The van der Waals surface area contributed by atoms with Crippen LogP contribution in [0.4, 0.5) is 10.5 Å². The van der Waals surface area contributed by atoms with E-state index in [0.717, 1.165) is 0 Å². The van der Waals surface area contributed by atoms with Crippen LogP contribution in [0.15, 0.2) is 24.3 Å². The molecule has 1 aromatic carbocycles. The Morgan fingerprint density at radius 2 is 1.79 bits per heavy atom. The summed E-state index contributed by atoms with van der Waals surface area (Å²) in [6.45, 7) is 3.70. The summed E-state index contributed by atoms with van der Waals surface area (Å²) < 4.78 is 0. The maximum Gasteiger partial charge on any atom is 0.312 e. The molecule has 0 spiro atoms. The fourth-order valence-electron chi connectivity index (χ4n) is 2.04. The first-order chi connectivity index (χ1) is 13.2. The summed E-state index contributed by atoms with van der Waals surface area (Å²) in [5, 5.41) is 16.6. The zero-order valence-corrected chi connectivity index (χ0v) is 16.0. The Morgan fingerprint density at radius 1 is 1.14 bits per heavy atom. The number of carbonyl (C=O) groups excluding carboxylic acids is 3. The molecule has 0 radical (unpaired) electrons. The minimum atomic E-state index is -1.12. The Morgan fingerprint density at radius 3 is 2.32 bits per heavy atom. The first-order valence-electron chi connectivity index (χ1n) is 8.83. The standard InChI is InChI=1S/C19H27N5O4/c1-12(2)16(20)18(27)24-15(5-3-4-10-22-19(21)28)17(26)23-14-8-6-13(11-25)7-9-14/h6-9,12,15-16,25H,4,10-11,20H2,1-2H3,(H,23,26)(H,24,27)(H3,21,22,28)/t15-,16-/m0/s1. The van der Waals surface area contributed by atoms with Crippen LogP contribution in [0, 0.1) is 17.8 Å². The van der Waals surface area contributed by atoms with Gasteiger partial charge in [0.05, 0.1) is 12.6 Å². The summed E-state index contributed by atoms with van der Waals surface area (Å²) in [7, 11) is 0. The summed E-state index contributed by atoms with van der Waals surface area (Å²) in [6, 6.07) is 4.02. The van der Waals surface area contributed by atoms with Crippen molar-refractivity contribution >= 4 is 23.5 Å². The number of carbonyl (C=O) groups is 3. The van der Waals surface area contributed by atoms with Gasteiger partial charge < -0.3 is 32.5 Å². The van der Waals surface area contributed by atoms with Crippen molar-refractivity contribution in [3.05, 3.63) is 29.8 Å². The molecule has 8 N–H and O–H groups in total. The summed E-state index contributed by atoms with van der Waals surface area (Å²) in [4.78, 5) is 35.4. The lowest BCUT2D eigenvalue weighted by atomic mass is 10.0. The lowest BCUT2D eigenvalue weighted by molar-refractivity contribution is -0.127. The smallest absolute Gasteiger partial charge is 0.312 e. The fraction of sp³-hybridized carbons (Fsp3) is 0.421. The minimum Gasteiger partial charge on any atom is -0.392 e. The maximum atomic E-state index is 12.6. The van der Waals surface area contributed by atoms with Gasteiger partial charge in [-0.2, -0.15) is 0 Å². The molecule has 0 aliphatic carbocycles. The predicted octanol–water partition coefficient (Wildman–Crippen LogP) is -0.353. The molecule has 0 fully saturated rings. The van der Waals surface area contributed by atoms with Crippen LogP contribution in [-0.2, 0) is 16.2 Å². The highest BCUT2D eigenvalue weighted by Crippen LogP contribution is 2.10. The van der Waals surface area contributed by atoms with Crippen molar-refractivity contribution < 1.29 is 19.5 Å². The lowest BCUT2D eigenvalue weighted by Gasteiger charge is -2.19. The molecule has 4 amide bonds. The molecule has 0 aliphatic heterocycles. The number of hydrogen-bond donors (Lipinski definition) is 6. The van der Waals surface area contributed by atoms with Gasteiger partial charge in [-0.25, -0.2) is 4.79 Å². The zero-order valence-electron chi connectivity index (χ0n) is 16.0. The fourth-order valence-corrected chi connectivity index (χ4v) is 2.04. The molecule has 0 bridgehead atoms. The molecule has 152 valence electrons. The van der Waals surface area contributed by atoms with E-state index in [1.165, 1.54) is 0 Å². The topological polar surface area (TPSA) is 160 Å². The van der Waals surface area contributed by atoms with E-state index in [-0.39, 0.29) is 25.5 Å². The van der Waals surface area contributed by atoms with E-state index in [1.54, 1.807) is 38.1 Å². The highest BCUT2D eigenvalue weighted by Gasteiger charge is 2.24. The number of benzene rings is 1. The van der Waals surface area contributed by atoms with Gasteiger partial charge in [0.2, 0.25) is 5.91 Å². The number of hydrogen-bond acceptors (Lipinski definition) is 5. The van der Waals surface area contributed by atoms with Crippen molar-refractivity contribution in [3.63, 3.8) is 0 Å². The highest BCUT2D eigenvalue weighted by atomic mass is 16.3. The van der Waals surface area contributed by atoms with Gasteiger partial charge in [0.15, 0.2) is 6.04 Å². The van der Waals surface area contributed by atoms with E-state index in [1.807, 2.05) is 0 Å². The van der Waals surface area contributed by atoms with Crippen molar-refractivity contribution in [2.24, 2.45) is 17.4 Å². The Hall–Kier alpha value is -3.09. The zero-order chi connectivity index (χ0) is 21.1. The normalized spacial score (nSPS) is 12.3. The molecule has 9 nitrogen and oxygen atoms in total. The van der Waals surface area contributed by atoms with E-state index in [4.69, 9.17) is 16.6 Å². The van der Waals surface area contributed by atoms with E-state index in [0.29, 0.717) is 11.3 Å². The molecule has 0 saturated carbocycles. The molecule has 28 heavy (non-hydrogen) atoms. The van der Waals surface area contributed by atoms with Crippen molar-refractivity contribution in [2.75, 3.05) is 11.9 Å². The molecule has 0 saturated heterocycles. The number of nitrogens with one attached hydrogen (secondary N) is 3. The van der Waals surface area contributed by atoms with Crippen molar-refractivity contribution in [2.45, 2.75) is 39.0 Å². The van der Waals surface area contributed by atoms with E-state index in [9.17, 15) is 14.4 Å². The number of amides is 4. The van der Waals surface area contributed by atoms with E-state index in [2.05, 4.69) is 27.8 Å². The number of primary amides is 1. The van der Waals surface area contributed by atoms with Crippen molar-refractivity contribution in [3.8, 4) is 11.8 Å². The second kappa shape index (κ2) is 11.6. The molecular weight excluding hydrogens is 362 g/mol. The number of urea groups is 1. The third kappa shape index (κ3) is 8.07. The van der Waals surface area contributed by atoms with Gasteiger partial charge in [-0.1, -0.05) is 37.8 Å². The molecule has 0 unspecified atom stereocenters. The van der Waals surface area contributed by atoms with E-state index >= 15 is 0 Å². The SMILES string of the molecule is CC(C)[C@H](N)C(=O)N[C@@H](C#CCCNC(N)=O)C(=O)Nc1ccc(CO)cc1. The number of nitrogens with two attached hydrogens (primary N) is 2. The summed E-state index contributed by atoms with van der Waals surface area (Å²) in [6.07, 6.45) is 0.254. The van der Waals surface area contributed by atoms with Crippen LogP contribution < -0.4 is 27.4 Å². The highest BCUT2D eigenvalue weighted by molar-refractivity contribution is 6.00. The maximum absolute atomic E-state index is 12.6. The lowest BCUT2D eigenvalue weighted by Crippen LogP contribution is -2.51. The van der Waals surface area contributed by atoms with Crippen LogP contribution in [0.5, 0.6) is 0 Å². The Bertz CT molecular complexity index is 737. The molecule has 9 heteroatoms. The average Bonchev–Trinajstić information content (AvgIpc) is 2.66.